The minimum Gasteiger partial charge on any atom is -0.348 e. The third-order valence-electron chi connectivity index (χ3n) is 5.12. The molecule has 1 aromatic carbocycles. The minimum atomic E-state index is -0.438. The number of hydrogen-bond acceptors (Lipinski definition) is 2. The van der Waals surface area contributed by atoms with Crippen LogP contribution in [0.15, 0.2) is 24.8 Å². The van der Waals surface area contributed by atoms with Crippen LogP contribution < -0.4 is 0 Å². The summed E-state index contributed by atoms with van der Waals surface area (Å²) in [5.41, 5.74) is 2.73. The Morgan fingerprint density at radius 3 is 2.75 bits per heavy atom. The molecule has 1 aromatic rings. The van der Waals surface area contributed by atoms with E-state index >= 15 is 0 Å². The summed E-state index contributed by atoms with van der Waals surface area (Å²) >= 11 is 0. The highest BCUT2D eigenvalue weighted by molar-refractivity contribution is 5.74. The van der Waals surface area contributed by atoms with Crippen molar-refractivity contribution in [1.82, 2.24) is 0 Å². The molecule has 20 heavy (non-hydrogen) atoms. The van der Waals surface area contributed by atoms with Gasteiger partial charge < -0.3 is 9.47 Å². The van der Waals surface area contributed by atoms with Crippen LogP contribution in [0.2, 0.25) is 0 Å². The Morgan fingerprint density at radius 2 is 1.95 bits per heavy atom. The molecule has 0 aromatic heterocycles. The minimum absolute atomic E-state index is 0.0445. The second-order valence-corrected chi connectivity index (χ2v) is 6.36. The Kier molecular flexibility index (Phi) is 2.60. The van der Waals surface area contributed by atoms with Gasteiger partial charge in [-0.05, 0) is 36.5 Å². The van der Waals surface area contributed by atoms with E-state index in [1.807, 2.05) is 6.07 Å². The number of ether oxygens (including phenoxy) is 2. The summed E-state index contributed by atoms with van der Waals surface area (Å²) in [5.74, 6) is -0.579. The molecule has 1 saturated carbocycles. The Morgan fingerprint density at radius 1 is 1.15 bits per heavy atom. The van der Waals surface area contributed by atoms with Gasteiger partial charge in [0, 0.05) is 23.8 Å². The van der Waals surface area contributed by atoms with Crippen molar-refractivity contribution in [2.24, 2.45) is 0 Å². The van der Waals surface area contributed by atoms with Crippen LogP contribution in [0.1, 0.15) is 43.2 Å². The Balaban J connectivity index is 1.79. The largest absolute Gasteiger partial charge is 0.348 e. The standard InChI is InChI=1S/C17H19FO2/c1-12-10-16(13-4-2-5-14(18)15(12)13)6-3-7-17(11-16)19-8-9-20-17/h2,4-5H,1,3,6-11H2. The van der Waals surface area contributed by atoms with Gasteiger partial charge in [0.2, 0.25) is 0 Å². The molecule has 106 valence electrons. The highest BCUT2D eigenvalue weighted by Crippen LogP contribution is 2.56. The normalized spacial score (nSPS) is 31.1. The van der Waals surface area contributed by atoms with Crippen molar-refractivity contribution < 1.29 is 13.9 Å². The maximum absolute atomic E-state index is 14.1. The number of rotatable bonds is 0. The van der Waals surface area contributed by atoms with Gasteiger partial charge in [-0.25, -0.2) is 4.39 Å². The summed E-state index contributed by atoms with van der Waals surface area (Å²) in [6.45, 7) is 5.45. The van der Waals surface area contributed by atoms with Gasteiger partial charge in [-0.15, -0.1) is 0 Å². The summed E-state index contributed by atoms with van der Waals surface area (Å²) < 4.78 is 25.9. The molecular weight excluding hydrogens is 255 g/mol. The zero-order chi connectivity index (χ0) is 13.8. The van der Waals surface area contributed by atoms with E-state index in [0.717, 1.165) is 48.8 Å². The van der Waals surface area contributed by atoms with E-state index in [0.29, 0.717) is 13.2 Å². The zero-order valence-corrected chi connectivity index (χ0v) is 11.6. The first kappa shape index (κ1) is 12.5. The highest BCUT2D eigenvalue weighted by Gasteiger charge is 2.52. The van der Waals surface area contributed by atoms with E-state index in [1.165, 1.54) is 6.07 Å². The molecule has 2 nitrogen and oxygen atoms in total. The van der Waals surface area contributed by atoms with E-state index < -0.39 is 5.79 Å². The first-order chi connectivity index (χ1) is 9.64. The van der Waals surface area contributed by atoms with Crippen LogP contribution >= 0.6 is 0 Å². The number of fused-ring (bicyclic) bond motifs is 2. The van der Waals surface area contributed by atoms with E-state index in [2.05, 4.69) is 12.6 Å². The topological polar surface area (TPSA) is 18.5 Å². The van der Waals surface area contributed by atoms with Gasteiger partial charge in [-0.3, -0.25) is 0 Å². The molecule has 1 heterocycles. The molecule has 1 unspecified atom stereocenters. The van der Waals surface area contributed by atoms with Crippen LogP contribution in [0.4, 0.5) is 4.39 Å². The van der Waals surface area contributed by atoms with Crippen LogP contribution in [-0.2, 0) is 14.9 Å². The molecule has 0 radical (unpaired) electrons. The maximum Gasteiger partial charge on any atom is 0.169 e. The second-order valence-electron chi connectivity index (χ2n) is 6.36. The fourth-order valence-electron chi connectivity index (χ4n) is 4.43. The van der Waals surface area contributed by atoms with Crippen LogP contribution in [0, 0.1) is 5.82 Å². The summed E-state index contributed by atoms with van der Waals surface area (Å²) in [6.07, 6.45) is 4.74. The van der Waals surface area contributed by atoms with E-state index in [4.69, 9.17) is 9.47 Å². The average molecular weight is 274 g/mol. The maximum atomic E-state index is 14.1. The highest BCUT2D eigenvalue weighted by atomic mass is 19.1. The lowest BCUT2D eigenvalue weighted by Gasteiger charge is -2.43. The van der Waals surface area contributed by atoms with Crippen molar-refractivity contribution in [2.75, 3.05) is 13.2 Å². The Bertz CT molecular complexity index is 574. The lowest BCUT2D eigenvalue weighted by Crippen LogP contribution is -2.43. The number of hydrogen-bond donors (Lipinski definition) is 0. The first-order valence-corrected chi connectivity index (χ1v) is 7.39. The van der Waals surface area contributed by atoms with Crippen molar-refractivity contribution in [2.45, 2.75) is 43.3 Å². The van der Waals surface area contributed by atoms with Gasteiger partial charge in [0.25, 0.3) is 0 Å². The van der Waals surface area contributed by atoms with Crippen molar-refractivity contribution in [3.63, 3.8) is 0 Å². The quantitative estimate of drug-likeness (QED) is 0.716. The summed E-state index contributed by atoms with van der Waals surface area (Å²) in [4.78, 5) is 0. The van der Waals surface area contributed by atoms with Crippen molar-refractivity contribution >= 4 is 5.57 Å². The lowest BCUT2D eigenvalue weighted by molar-refractivity contribution is -0.190. The first-order valence-electron chi connectivity index (χ1n) is 7.39. The summed E-state index contributed by atoms with van der Waals surface area (Å²) in [6, 6.07) is 5.40. The van der Waals surface area contributed by atoms with Gasteiger partial charge in [0.15, 0.2) is 5.79 Å². The molecule has 0 amide bonds. The predicted octanol–water partition coefficient (Wildman–Crippen LogP) is 3.80. The smallest absolute Gasteiger partial charge is 0.169 e. The number of allylic oxidation sites excluding steroid dienone is 1. The molecule has 3 heteroatoms. The SMILES string of the molecule is C=C1CC2(CCCC3(C2)OCCO3)c2cccc(F)c21. The van der Waals surface area contributed by atoms with E-state index in [9.17, 15) is 4.39 Å². The third-order valence-corrected chi connectivity index (χ3v) is 5.12. The fraction of sp³-hybridized carbons (Fsp3) is 0.529. The van der Waals surface area contributed by atoms with Gasteiger partial charge in [-0.1, -0.05) is 18.7 Å². The van der Waals surface area contributed by atoms with Crippen LogP contribution in [0.25, 0.3) is 5.57 Å². The molecule has 3 aliphatic rings. The molecule has 4 rings (SSSR count). The van der Waals surface area contributed by atoms with Crippen molar-refractivity contribution in [3.8, 4) is 0 Å². The summed E-state index contributed by atoms with van der Waals surface area (Å²) in [5, 5.41) is 0. The van der Waals surface area contributed by atoms with Gasteiger partial charge >= 0.3 is 0 Å². The number of halogens is 1. The van der Waals surface area contributed by atoms with Gasteiger partial charge in [0.05, 0.1) is 13.2 Å². The summed E-state index contributed by atoms with van der Waals surface area (Å²) in [7, 11) is 0. The van der Waals surface area contributed by atoms with Gasteiger partial charge in [0.1, 0.15) is 5.82 Å². The van der Waals surface area contributed by atoms with Crippen molar-refractivity contribution in [3.05, 3.63) is 41.7 Å². The molecule has 2 aliphatic carbocycles. The molecule has 1 aliphatic heterocycles. The molecule has 2 spiro atoms. The molecule has 0 bridgehead atoms. The van der Waals surface area contributed by atoms with E-state index in [-0.39, 0.29) is 11.2 Å². The fourth-order valence-corrected chi connectivity index (χ4v) is 4.43. The van der Waals surface area contributed by atoms with E-state index in [1.54, 1.807) is 0 Å². The second kappa shape index (κ2) is 4.15. The molecule has 1 saturated heterocycles. The monoisotopic (exact) mass is 274 g/mol. The molecule has 1 atom stereocenters. The molecule has 0 N–H and O–H groups in total. The lowest BCUT2D eigenvalue weighted by atomic mass is 9.68. The Hall–Kier alpha value is -1.19. The van der Waals surface area contributed by atoms with Crippen molar-refractivity contribution in [1.29, 1.82) is 0 Å². The third kappa shape index (κ3) is 1.63. The molecule has 2 fully saturated rings. The van der Waals surface area contributed by atoms with Crippen LogP contribution in [-0.4, -0.2) is 19.0 Å². The zero-order valence-electron chi connectivity index (χ0n) is 11.6. The van der Waals surface area contributed by atoms with Crippen LogP contribution in [0.3, 0.4) is 0 Å². The molecular formula is C17H19FO2. The number of benzene rings is 1. The average Bonchev–Trinajstić information content (AvgIpc) is 2.95. The van der Waals surface area contributed by atoms with Gasteiger partial charge in [-0.2, -0.15) is 0 Å². The Labute approximate surface area is 118 Å². The van der Waals surface area contributed by atoms with Crippen LogP contribution in [0.5, 0.6) is 0 Å². The predicted molar refractivity (Wildman–Crippen MR) is 74.8 cm³/mol.